The topological polar surface area (TPSA) is 43.1 Å². The molecule has 0 aliphatic heterocycles. The average molecular weight is 1050 g/mol. The van der Waals surface area contributed by atoms with E-state index in [0.29, 0.717) is 17.4 Å². The number of carbonyl (C=O) groups excluding carboxylic acids is 1. The van der Waals surface area contributed by atoms with Crippen LogP contribution in [0, 0.1) is 116 Å². The molecular formula is C48H25BF20N2O2. The molecule has 1 aliphatic carbocycles. The fourth-order valence-corrected chi connectivity index (χ4v) is 8.70. The van der Waals surface area contributed by atoms with Gasteiger partial charge in [-0.15, -0.1) is 21.9 Å². The van der Waals surface area contributed by atoms with Crippen LogP contribution in [-0.4, -0.2) is 16.9 Å². The van der Waals surface area contributed by atoms with Crippen LogP contribution >= 0.6 is 0 Å². The van der Waals surface area contributed by atoms with Crippen LogP contribution in [0.3, 0.4) is 0 Å². The Morgan fingerprint density at radius 2 is 0.808 bits per heavy atom. The van der Waals surface area contributed by atoms with Gasteiger partial charge in [-0.1, -0.05) is 61.7 Å². The Hall–Kier alpha value is -7.47. The van der Waals surface area contributed by atoms with Crippen molar-refractivity contribution >= 4 is 33.8 Å². The average Bonchev–Trinajstić information content (AvgIpc) is 3.40. The van der Waals surface area contributed by atoms with Gasteiger partial charge in [0, 0.05) is 5.56 Å². The smallest absolute Gasteiger partial charge is 0.392 e. The minimum absolute atomic E-state index is 0.0364. The molecule has 0 amide bonds. The lowest BCUT2D eigenvalue weighted by atomic mass is 9.12. The van der Waals surface area contributed by atoms with E-state index in [1.807, 2.05) is 42.5 Å². The van der Waals surface area contributed by atoms with Crippen molar-refractivity contribution in [3.05, 3.63) is 201 Å². The highest BCUT2D eigenvalue weighted by atomic mass is 19.2. The van der Waals surface area contributed by atoms with E-state index >= 15 is 35.1 Å². The zero-order chi connectivity index (χ0) is 53.5. The summed E-state index contributed by atoms with van der Waals surface area (Å²) in [5, 5.41) is 0. The third kappa shape index (κ3) is 9.21. The Morgan fingerprint density at radius 1 is 0.466 bits per heavy atom. The Labute approximate surface area is 397 Å². The summed E-state index contributed by atoms with van der Waals surface area (Å²) in [4.78, 5) is 16.7. The van der Waals surface area contributed by atoms with Gasteiger partial charge < -0.3 is 4.74 Å². The molecule has 0 spiro atoms. The molecule has 1 aliphatic rings. The molecule has 1 heterocycles. The molecule has 0 N–H and O–H groups in total. The summed E-state index contributed by atoms with van der Waals surface area (Å²) < 4.78 is 302. The van der Waals surface area contributed by atoms with Crippen LogP contribution in [0.25, 0.3) is 0 Å². The van der Waals surface area contributed by atoms with Gasteiger partial charge in [0.25, 0.3) is 0 Å². The molecule has 0 unspecified atom stereocenters. The molecule has 7 aromatic rings. The third-order valence-corrected chi connectivity index (χ3v) is 12.1. The summed E-state index contributed by atoms with van der Waals surface area (Å²) in [6.07, 6.45) is 4.44. The number of aromatic nitrogens is 2. The molecule has 1 fully saturated rings. The molecule has 25 heteroatoms. The highest BCUT2D eigenvalue weighted by molar-refractivity contribution is 7.20. The van der Waals surface area contributed by atoms with Crippen molar-refractivity contribution in [2.75, 3.05) is 0 Å². The van der Waals surface area contributed by atoms with Crippen molar-refractivity contribution < 1.29 is 102 Å². The number of nitrogens with zero attached hydrogens (tertiary/aromatic N) is 2. The first-order valence-electron chi connectivity index (χ1n) is 20.9. The van der Waals surface area contributed by atoms with E-state index < -0.39 is 144 Å². The zero-order valence-corrected chi connectivity index (χ0v) is 36.1. The lowest BCUT2D eigenvalue weighted by Gasteiger charge is -2.44. The minimum Gasteiger partial charge on any atom is -0.404 e. The third-order valence-electron chi connectivity index (χ3n) is 12.1. The molecule has 0 saturated heterocycles. The number of hydrogen-bond acceptors (Lipinski definition) is 3. The maximum absolute atomic E-state index is 15.4. The summed E-state index contributed by atoms with van der Waals surface area (Å²) in [7, 11) is 0. The highest BCUT2D eigenvalue weighted by Gasteiger charge is 2.52. The molecular weight excluding hydrogens is 1030 g/mol. The van der Waals surface area contributed by atoms with E-state index in [-0.39, 0.29) is 12.3 Å². The van der Waals surface area contributed by atoms with Crippen LogP contribution in [0.4, 0.5) is 87.8 Å². The lowest BCUT2D eigenvalue weighted by molar-refractivity contribution is -0.687. The molecule has 0 atom stereocenters. The summed E-state index contributed by atoms with van der Waals surface area (Å²) >= 11 is 0. The van der Waals surface area contributed by atoms with Crippen LogP contribution in [0.15, 0.2) is 73.2 Å². The van der Waals surface area contributed by atoms with Crippen molar-refractivity contribution in [3.63, 3.8) is 0 Å². The fraction of sp³-hybridized carbons (Fsp3) is 0.146. The first-order chi connectivity index (χ1) is 34.5. The van der Waals surface area contributed by atoms with Gasteiger partial charge in [0.2, 0.25) is 12.3 Å². The van der Waals surface area contributed by atoms with Crippen molar-refractivity contribution in [3.8, 4) is 11.6 Å². The van der Waals surface area contributed by atoms with Crippen LogP contribution < -0.4 is 31.2 Å². The molecule has 4 nitrogen and oxygen atoms in total. The van der Waals surface area contributed by atoms with Gasteiger partial charge in [-0.3, -0.25) is 4.79 Å². The van der Waals surface area contributed by atoms with E-state index in [4.69, 9.17) is 4.74 Å². The van der Waals surface area contributed by atoms with Gasteiger partial charge in [-0.05, 0) is 36.5 Å². The Kier molecular flexibility index (Phi) is 15.3. The monoisotopic (exact) mass is 1050 g/mol. The van der Waals surface area contributed by atoms with Crippen LogP contribution in [0.5, 0.6) is 11.6 Å². The molecule has 73 heavy (non-hydrogen) atoms. The first kappa shape index (κ1) is 53.3. The molecule has 0 bridgehead atoms. The molecule has 1 saturated carbocycles. The van der Waals surface area contributed by atoms with Crippen molar-refractivity contribution in [1.82, 2.24) is 4.98 Å². The number of benzene rings is 6. The quantitative estimate of drug-likeness (QED) is 0.0342. The number of ether oxygens (including phenoxy) is 1. The normalized spacial score (nSPS) is 13.0. The van der Waals surface area contributed by atoms with Crippen LogP contribution in [0.2, 0.25) is 0 Å². The van der Waals surface area contributed by atoms with E-state index in [0.717, 1.165) is 5.75 Å². The Balaban J connectivity index is 0.000000237. The summed E-state index contributed by atoms with van der Waals surface area (Å²) in [5.74, 6) is -69.4. The molecule has 8 rings (SSSR count). The fourth-order valence-electron chi connectivity index (χ4n) is 8.70. The SMILES string of the molecule is Fc1c(F)c(F)c([B-](c2c(F)c(F)c(F)c(F)c2F)(c2c(F)c(F)c(F)c(F)c2F)c2c(F)c(F)c(F)c(F)c2F)c(F)c1F.O=C(C[n+]1ccncc1Oc1ccc(C2CCCCC2)cc1)c1ccccc1. The van der Waals surface area contributed by atoms with E-state index in [9.17, 15) is 57.5 Å². The van der Waals surface area contributed by atoms with Gasteiger partial charge >= 0.3 is 5.88 Å². The zero-order valence-electron chi connectivity index (χ0n) is 36.1. The summed E-state index contributed by atoms with van der Waals surface area (Å²) in [5.41, 5.74) is -12.2. The van der Waals surface area contributed by atoms with Gasteiger partial charge in [-0.25, -0.2) is 92.8 Å². The Morgan fingerprint density at radius 3 is 1.16 bits per heavy atom. The second-order valence-electron chi connectivity index (χ2n) is 16.1. The summed E-state index contributed by atoms with van der Waals surface area (Å²) in [6.45, 7) is 0.210. The number of halogens is 20. The molecule has 1 aromatic heterocycles. The van der Waals surface area contributed by atoms with E-state index in [1.54, 1.807) is 23.2 Å². The molecule has 6 aromatic carbocycles. The van der Waals surface area contributed by atoms with Crippen LogP contribution in [0.1, 0.15) is 53.9 Å². The van der Waals surface area contributed by atoms with Crippen molar-refractivity contribution in [2.24, 2.45) is 0 Å². The molecule has 0 radical (unpaired) electrons. The number of hydrogen-bond donors (Lipinski definition) is 0. The van der Waals surface area contributed by atoms with Crippen LogP contribution in [-0.2, 0) is 6.54 Å². The lowest BCUT2D eigenvalue weighted by Crippen LogP contribution is -2.81. The van der Waals surface area contributed by atoms with E-state index in [1.165, 1.54) is 37.7 Å². The second kappa shape index (κ2) is 20.9. The predicted octanol–water partition coefficient (Wildman–Crippen LogP) is 10.9. The maximum atomic E-state index is 15.4. The van der Waals surface area contributed by atoms with Gasteiger partial charge in [0.15, 0.2) is 76.0 Å². The number of carbonyl (C=O) groups is 1. The number of Topliss-reactive ketones (excluding diaryl/α,β-unsaturated/α-hetero) is 1. The summed E-state index contributed by atoms with van der Waals surface area (Å²) in [6, 6.07) is 17.7. The standard InChI is InChI=1S/C24BF20.C24H25N2O2/c26-5-1(6(27)14(35)21(42)13(5)34)25(2-7(28)15(36)22(43)16(37)8(2)29,3-9(30)17(38)23(44)18(39)10(3)31)4-11(32)19(40)24(45)20(41)12(4)33;27-23(21-9-5-2-6-10-21)18-26-16-15-25-17-24(26)28-22-13-11-20(12-14-22)19-7-3-1-4-8-19/h;2,5-6,9-17,19H,1,3-4,7-8,18H2/q-1;+1. The molecule has 382 valence electrons. The van der Waals surface area contributed by atoms with Gasteiger partial charge in [0.1, 0.15) is 64.6 Å². The predicted molar refractivity (Wildman–Crippen MR) is 217 cm³/mol. The maximum Gasteiger partial charge on any atom is 0.392 e. The largest absolute Gasteiger partial charge is 0.404 e. The minimum atomic E-state index is -7.22. The second-order valence-corrected chi connectivity index (χ2v) is 16.1. The van der Waals surface area contributed by atoms with Gasteiger partial charge in [-0.2, -0.15) is 4.57 Å². The van der Waals surface area contributed by atoms with E-state index in [2.05, 4.69) is 17.1 Å². The number of ketones is 1. The Bertz CT molecular complexity index is 2920. The highest BCUT2D eigenvalue weighted by Crippen LogP contribution is 2.34. The van der Waals surface area contributed by atoms with Crippen molar-refractivity contribution in [2.45, 2.75) is 44.6 Å². The van der Waals surface area contributed by atoms with Crippen molar-refractivity contribution in [1.29, 1.82) is 0 Å². The van der Waals surface area contributed by atoms with Gasteiger partial charge in [0.05, 0.1) is 6.20 Å². The first-order valence-corrected chi connectivity index (χ1v) is 20.9. The number of rotatable bonds is 10.